The highest BCUT2D eigenvalue weighted by Gasteiger charge is 2.16. The third kappa shape index (κ3) is 2.83. The Kier molecular flexibility index (Phi) is 3.62. The summed E-state index contributed by atoms with van der Waals surface area (Å²) in [5.74, 6) is 0. The summed E-state index contributed by atoms with van der Waals surface area (Å²) in [6, 6.07) is 7.09. The summed E-state index contributed by atoms with van der Waals surface area (Å²) in [6.45, 7) is 7.65. The van der Waals surface area contributed by atoms with Crippen molar-refractivity contribution in [2.24, 2.45) is 5.73 Å². The number of hydrogen-bond donors (Lipinski definition) is 1. The van der Waals surface area contributed by atoms with Gasteiger partial charge in [0, 0.05) is 19.1 Å². The second-order valence-corrected chi connectivity index (χ2v) is 5.07. The Bertz CT molecular complexity index is 360. The molecule has 1 aromatic carbocycles. The fourth-order valence-corrected chi connectivity index (χ4v) is 2.50. The number of rotatable bonds is 2. The molecule has 1 fully saturated rings. The van der Waals surface area contributed by atoms with Gasteiger partial charge in [-0.05, 0) is 44.4 Å². The molecule has 2 N–H and O–H groups in total. The van der Waals surface area contributed by atoms with Crippen LogP contribution in [0.3, 0.4) is 0 Å². The van der Waals surface area contributed by atoms with Gasteiger partial charge in [-0.2, -0.15) is 0 Å². The Morgan fingerprint density at radius 3 is 2.88 bits per heavy atom. The number of aryl methyl sites for hydroxylation is 2. The highest BCUT2D eigenvalue weighted by atomic mass is 15.1. The largest absolute Gasteiger partial charge is 0.327 e. The Labute approximate surface area is 98.4 Å². The lowest BCUT2D eigenvalue weighted by Crippen LogP contribution is -2.42. The molecule has 88 valence electrons. The summed E-state index contributed by atoms with van der Waals surface area (Å²) >= 11 is 0. The Morgan fingerprint density at radius 2 is 2.19 bits per heavy atom. The van der Waals surface area contributed by atoms with Gasteiger partial charge >= 0.3 is 0 Å². The van der Waals surface area contributed by atoms with Crippen LogP contribution in [0.25, 0.3) is 0 Å². The molecule has 0 radical (unpaired) electrons. The third-order valence-electron chi connectivity index (χ3n) is 3.43. The van der Waals surface area contributed by atoms with Crippen LogP contribution in [0.4, 0.5) is 0 Å². The molecule has 0 aromatic heterocycles. The Balaban J connectivity index is 2.02. The molecule has 16 heavy (non-hydrogen) atoms. The van der Waals surface area contributed by atoms with Crippen molar-refractivity contribution in [3.05, 3.63) is 34.9 Å². The molecule has 1 aliphatic rings. The molecule has 1 atom stereocenters. The van der Waals surface area contributed by atoms with Crippen molar-refractivity contribution < 1.29 is 0 Å². The van der Waals surface area contributed by atoms with Gasteiger partial charge < -0.3 is 5.73 Å². The van der Waals surface area contributed by atoms with E-state index in [1.807, 2.05) is 0 Å². The van der Waals surface area contributed by atoms with E-state index in [9.17, 15) is 0 Å². The fraction of sp³-hybridized carbons (Fsp3) is 0.571. The molecular weight excluding hydrogens is 196 g/mol. The lowest BCUT2D eigenvalue weighted by atomic mass is 10.0. The van der Waals surface area contributed by atoms with E-state index in [0.29, 0.717) is 6.04 Å². The monoisotopic (exact) mass is 218 g/mol. The molecule has 2 heteroatoms. The first kappa shape index (κ1) is 11.6. The molecule has 1 saturated heterocycles. The van der Waals surface area contributed by atoms with Gasteiger partial charge in [-0.25, -0.2) is 0 Å². The Hall–Kier alpha value is -0.860. The van der Waals surface area contributed by atoms with Gasteiger partial charge in [0.1, 0.15) is 0 Å². The molecule has 1 heterocycles. The molecule has 1 aromatic rings. The van der Waals surface area contributed by atoms with Gasteiger partial charge in [0.25, 0.3) is 0 Å². The quantitative estimate of drug-likeness (QED) is 0.825. The van der Waals surface area contributed by atoms with Gasteiger partial charge in [-0.1, -0.05) is 23.8 Å². The average molecular weight is 218 g/mol. The van der Waals surface area contributed by atoms with Crippen LogP contribution in [0.5, 0.6) is 0 Å². The standard InChI is InChI=1S/C14H22N2/c1-11-5-6-13(12(2)8-11)9-16-7-3-4-14(15)10-16/h5-6,8,14H,3-4,7,9-10,15H2,1-2H3/t14-/m0/s1. The average Bonchev–Trinajstić information content (AvgIpc) is 2.22. The van der Waals surface area contributed by atoms with Crippen LogP contribution >= 0.6 is 0 Å². The fourth-order valence-electron chi connectivity index (χ4n) is 2.50. The maximum absolute atomic E-state index is 6.00. The Morgan fingerprint density at radius 1 is 1.38 bits per heavy atom. The van der Waals surface area contributed by atoms with Crippen LogP contribution in [0.15, 0.2) is 18.2 Å². The van der Waals surface area contributed by atoms with E-state index in [4.69, 9.17) is 5.73 Å². The van der Waals surface area contributed by atoms with Crippen molar-refractivity contribution in [2.45, 2.75) is 39.3 Å². The van der Waals surface area contributed by atoms with Crippen molar-refractivity contribution >= 4 is 0 Å². The molecule has 0 aliphatic carbocycles. The first-order chi connectivity index (χ1) is 7.65. The summed E-state index contributed by atoms with van der Waals surface area (Å²) < 4.78 is 0. The van der Waals surface area contributed by atoms with Crippen molar-refractivity contribution in [3.8, 4) is 0 Å². The number of nitrogens with zero attached hydrogens (tertiary/aromatic N) is 1. The first-order valence-electron chi connectivity index (χ1n) is 6.19. The number of likely N-dealkylation sites (tertiary alicyclic amines) is 1. The van der Waals surface area contributed by atoms with E-state index in [1.165, 1.54) is 36.1 Å². The predicted molar refractivity (Wildman–Crippen MR) is 68.4 cm³/mol. The highest BCUT2D eigenvalue weighted by Crippen LogP contribution is 2.16. The van der Waals surface area contributed by atoms with E-state index in [2.05, 4.69) is 36.9 Å². The van der Waals surface area contributed by atoms with Crippen molar-refractivity contribution in [2.75, 3.05) is 13.1 Å². The third-order valence-corrected chi connectivity index (χ3v) is 3.43. The van der Waals surface area contributed by atoms with E-state index in [1.54, 1.807) is 0 Å². The van der Waals surface area contributed by atoms with E-state index >= 15 is 0 Å². The van der Waals surface area contributed by atoms with Crippen molar-refractivity contribution in [1.29, 1.82) is 0 Å². The van der Waals surface area contributed by atoms with Crippen molar-refractivity contribution in [3.63, 3.8) is 0 Å². The summed E-state index contributed by atoms with van der Waals surface area (Å²) in [5, 5.41) is 0. The lowest BCUT2D eigenvalue weighted by Gasteiger charge is -2.31. The number of piperidine rings is 1. The zero-order chi connectivity index (χ0) is 11.5. The smallest absolute Gasteiger partial charge is 0.0237 e. The minimum Gasteiger partial charge on any atom is -0.327 e. The van der Waals surface area contributed by atoms with Crippen LogP contribution in [-0.4, -0.2) is 24.0 Å². The SMILES string of the molecule is Cc1ccc(CN2CCC[C@H](N)C2)c(C)c1. The number of nitrogens with two attached hydrogens (primary N) is 1. The highest BCUT2D eigenvalue weighted by molar-refractivity contribution is 5.30. The van der Waals surface area contributed by atoms with Crippen LogP contribution in [0, 0.1) is 13.8 Å². The topological polar surface area (TPSA) is 29.3 Å². The normalized spacial score (nSPS) is 22.3. The maximum atomic E-state index is 6.00. The second-order valence-electron chi connectivity index (χ2n) is 5.07. The zero-order valence-electron chi connectivity index (χ0n) is 10.4. The second kappa shape index (κ2) is 4.98. The van der Waals surface area contributed by atoms with E-state index in [0.717, 1.165) is 13.1 Å². The number of benzene rings is 1. The van der Waals surface area contributed by atoms with Gasteiger partial charge in [0.05, 0.1) is 0 Å². The lowest BCUT2D eigenvalue weighted by molar-refractivity contribution is 0.201. The molecule has 0 amide bonds. The molecule has 0 saturated carbocycles. The predicted octanol–water partition coefficient (Wildman–Crippen LogP) is 2.23. The van der Waals surface area contributed by atoms with Crippen LogP contribution in [0.1, 0.15) is 29.5 Å². The molecule has 0 spiro atoms. The van der Waals surface area contributed by atoms with Gasteiger partial charge in [-0.15, -0.1) is 0 Å². The zero-order valence-corrected chi connectivity index (χ0v) is 10.4. The van der Waals surface area contributed by atoms with E-state index in [-0.39, 0.29) is 0 Å². The van der Waals surface area contributed by atoms with Crippen LogP contribution in [-0.2, 0) is 6.54 Å². The molecule has 2 rings (SSSR count). The summed E-state index contributed by atoms with van der Waals surface area (Å²) in [4.78, 5) is 2.48. The molecule has 2 nitrogen and oxygen atoms in total. The van der Waals surface area contributed by atoms with Gasteiger partial charge in [0.2, 0.25) is 0 Å². The van der Waals surface area contributed by atoms with E-state index < -0.39 is 0 Å². The molecule has 0 bridgehead atoms. The van der Waals surface area contributed by atoms with Crippen molar-refractivity contribution in [1.82, 2.24) is 4.90 Å². The maximum Gasteiger partial charge on any atom is 0.0237 e. The van der Waals surface area contributed by atoms with Crippen LogP contribution in [0.2, 0.25) is 0 Å². The summed E-state index contributed by atoms with van der Waals surface area (Å²) in [5.41, 5.74) is 10.2. The van der Waals surface area contributed by atoms with Crippen LogP contribution < -0.4 is 5.73 Å². The minimum atomic E-state index is 0.375. The number of hydrogen-bond acceptors (Lipinski definition) is 2. The minimum absolute atomic E-state index is 0.375. The first-order valence-corrected chi connectivity index (χ1v) is 6.19. The molecule has 1 aliphatic heterocycles. The summed E-state index contributed by atoms with van der Waals surface area (Å²) in [7, 11) is 0. The molecular formula is C14H22N2. The van der Waals surface area contributed by atoms with Gasteiger partial charge in [0.15, 0.2) is 0 Å². The summed E-state index contributed by atoms with van der Waals surface area (Å²) in [6.07, 6.45) is 2.43. The van der Waals surface area contributed by atoms with Gasteiger partial charge in [-0.3, -0.25) is 4.90 Å². The molecule has 0 unspecified atom stereocenters.